The molecule has 1 heterocycles. The van der Waals surface area contributed by atoms with Crippen molar-refractivity contribution in [2.45, 2.75) is 51.2 Å². The Bertz CT molecular complexity index is 936. The van der Waals surface area contributed by atoms with E-state index in [0.29, 0.717) is 35.6 Å². The molecule has 0 bridgehead atoms. The summed E-state index contributed by atoms with van der Waals surface area (Å²) in [7, 11) is 0. The van der Waals surface area contributed by atoms with E-state index in [-0.39, 0.29) is 24.0 Å². The predicted octanol–water partition coefficient (Wildman–Crippen LogP) is 5.16. The number of carbonyl (C=O) groups is 2. The smallest absolute Gasteiger partial charge is 0.268 e. The summed E-state index contributed by atoms with van der Waals surface area (Å²) in [5.41, 5.74) is 1.16. The third-order valence-corrected chi connectivity index (χ3v) is 5.67. The van der Waals surface area contributed by atoms with Crippen LogP contribution in [0.15, 0.2) is 64.4 Å². The molecule has 0 spiro atoms. The lowest BCUT2D eigenvalue weighted by atomic mass is 10.1. The maximum atomic E-state index is 13.3. The summed E-state index contributed by atoms with van der Waals surface area (Å²) < 4.78 is 11.3. The molecule has 2 amide bonds. The SMILES string of the molecule is CC(C)OCCCN1C(=O)C(Sc2ccccc2)=C(c2ccc(OC(C)C)cc2)C1=O. The van der Waals surface area contributed by atoms with Gasteiger partial charge in [0, 0.05) is 18.0 Å². The van der Waals surface area contributed by atoms with Gasteiger partial charge in [0.15, 0.2) is 0 Å². The normalized spacial score (nSPS) is 14.3. The highest BCUT2D eigenvalue weighted by Crippen LogP contribution is 2.40. The average Bonchev–Trinajstić information content (AvgIpc) is 2.96. The molecule has 0 aromatic heterocycles. The minimum atomic E-state index is -0.259. The first-order valence-electron chi connectivity index (χ1n) is 10.6. The van der Waals surface area contributed by atoms with E-state index in [4.69, 9.17) is 9.47 Å². The van der Waals surface area contributed by atoms with Gasteiger partial charge in [0.1, 0.15) is 5.75 Å². The number of hydrogen-bond acceptors (Lipinski definition) is 5. The van der Waals surface area contributed by atoms with Crippen LogP contribution in [0.1, 0.15) is 39.7 Å². The van der Waals surface area contributed by atoms with Crippen LogP contribution in [0.4, 0.5) is 0 Å². The van der Waals surface area contributed by atoms with Gasteiger partial charge in [0.25, 0.3) is 11.8 Å². The zero-order chi connectivity index (χ0) is 22.4. The second-order valence-electron chi connectivity index (χ2n) is 7.85. The quantitative estimate of drug-likeness (QED) is 0.378. The van der Waals surface area contributed by atoms with Crippen LogP contribution in [0, 0.1) is 0 Å². The average molecular weight is 440 g/mol. The molecule has 0 fully saturated rings. The number of rotatable bonds is 10. The van der Waals surface area contributed by atoms with E-state index in [0.717, 1.165) is 10.6 Å². The molecular formula is C25H29NO4S. The molecule has 1 aliphatic heterocycles. The van der Waals surface area contributed by atoms with Crippen LogP contribution in [0.5, 0.6) is 5.75 Å². The largest absolute Gasteiger partial charge is 0.491 e. The van der Waals surface area contributed by atoms with Crippen molar-refractivity contribution in [1.82, 2.24) is 4.90 Å². The maximum Gasteiger partial charge on any atom is 0.268 e. The topological polar surface area (TPSA) is 55.8 Å². The summed E-state index contributed by atoms with van der Waals surface area (Å²) in [6, 6.07) is 17.0. The van der Waals surface area contributed by atoms with Crippen molar-refractivity contribution in [2.75, 3.05) is 13.2 Å². The Labute approximate surface area is 188 Å². The Morgan fingerprint density at radius 1 is 0.871 bits per heavy atom. The number of benzene rings is 2. The summed E-state index contributed by atoms with van der Waals surface area (Å²) in [5, 5.41) is 0. The fourth-order valence-corrected chi connectivity index (χ4v) is 4.26. The van der Waals surface area contributed by atoms with Gasteiger partial charge in [0.2, 0.25) is 0 Å². The van der Waals surface area contributed by atoms with Gasteiger partial charge in [-0.15, -0.1) is 0 Å². The van der Waals surface area contributed by atoms with Crippen LogP contribution >= 0.6 is 11.8 Å². The van der Waals surface area contributed by atoms with Gasteiger partial charge >= 0.3 is 0 Å². The van der Waals surface area contributed by atoms with Crippen molar-refractivity contribution in [3.8, 4) is 5.75 Å². The van der Waals surface area contributed by atoms with Gasteiger partial charge in [-0.25, -0.2) is 0 Å². The molecule has 2 aromatic rings. The molecule has 2 aromatic carbocycles. The Balaban J connectivity index is 1.87. The maximum absolute atomic E-state index is 13.3. The molecule has 0 radical (unpaired) electrons. The number of imide groups is 1. The van der Waals surface area contributed by atoms with Crippen molar-refractivity contribution in [1.29, 1.82) is 0 Å². The fraction of sp³-hybridized carbons (Fsp3) is 0.360. The van der Waals surface area contributed by atoms with Gasteiger partial charge in [-0.3, -0.25) is 14.5 Å². The highest BCUT2D eigenvalue weighted by molar-refractivity contribution is 8.04. The molecule has 6 heteroatoms. The second kappa shape index (κ2) is 10.6. The number of nitrogens with zero attached hydrogens (tertiary/aromatic N) is 1. The molecule has 0 atom stereocenters. The van der Waals surface area contributed by atoms with Crippen LogP contribution in [-0.2, 0) is 14.3 Å². The molecule has 0 unspecified atom stereocenters. The molecule has 164 valence electrons. The monoisotopic (exact) mass is 439 g/mol. The van der Waals surface area contributed by atoms with Crippen molar-refractivity contribution >= 4 is 29.1 Å². The van der Waals surface area contributed by atoms with Gasteiger partial charge in [0.05, 0.1) is 22.7 Å². The van der Waals surface area contributed by atoms with Crippen molar-refractivity contribution in [2.24, 2.45) is 0 Å². The Morgan fingerprint density at radius 3 is 2.16 bits per heavy atom. The first-order chi connectivity index (χ1) is 14.9. The molecule has 31 heavy (non-hydrogen) atoms. The lowest BCUT2D eigenvalue weighted by Gasteiger charge is -2.16. The third kappa shape index (κ3) is 5.99. The number of carbonyl (C=O) groups excluding carboxylic acids is 2. The summed E-state index contributed by atoms with van der Waals surface area (Å²) in [4.78, 5) is 29.2. The van der Waals surface area contributed by atoms with E-state index >= 15 is 0 Å². The van der Waals surface area contributed by atoms with E-state index in [1.807, 2.05) is 82.3 Å². The molecule has 5 nitrogen and oxygen atoms in total. The minimum Gasteiger partial charge on any atom is -0.491 e. The Hall–Kier alpha value is -2.57. The minimum absolute atomic E-state index is 0.0625. The molecule has 3 rings (SSSR count). The fourth-order valence-electron chi connectivity index (χ4n) is 3.23. The number of hydrogen-bond donors (Lipinski definition) is 0. The van der Waals surface area contributed by atoms with Crippen LogP contribution in [0.25, 0.3) is 5.57 Å². The predicted molar refractivity (Wildman–Crippen MR) is 124 cm³/mol. The molecular weight excluding hydrogens is 410 g/mol. The van der Waals surface area contributed by atoms with Gasteiger partial charge < -0.3 is 9.47 Å². The Morgan fingerprint density at radius 2 is 1.55 bits per heavy atom. The van der Waals surface area contributed by atoms with E-state index in [2.05, 4.69) is 0 Å². The summed E-state index contributed by atoms with van der Waals surface area (Å²) >= 11 is 1.33. The Kier molecular flexibility index (Phi) is 7.93. The number of ether oxygens (including phenoxy) is 2. The van der Waals surface area contributed by atoms with Gasteiger partial charge in [-0.2, -0.15) is 0 Å². The van der Waals surface area contributed by atoms with Gasteiger partial charge in [-0.05, 0) is 63.9 Å². The molecule has 0 saturated carbocycles. The highest BCUT2D eigenvalue weighted by atomic mass is 32.2. The standard InChI is InChI=1S/C25H29NO4S/c1-17(2)29-16-8-15-26-24(27)22(19-11-13-20(14-12-19)30-18(3)4)23(25(26)28)31-21-9-6-5-7-10-21/h5-7,9-14,17-18H,8,15-16H2,1-4H3. The lowest BCUT2D eigenvalue weighted by molar-refractivity contribution is -0.136. The first kappa shape index (κ1) is 23.1. The van der Waals surface area contributed by atoms with Crippen LogP contribution < -0.4 is 4.74 Å². The van der Waals surface area contributed by atoms with E-state index in [1.165, 1.54) is 16.7 Å². The van der Waals surface area contributed by atoms with Crippen molar-refractivity contribution < 1.29 is 19.1 Å². The molecule has 1 aliphatic rings. The van der Waals surface area contributed by atoms with Crippen LogP contribution in [-0.4, -0.2) is 42.1 Å². The third-order valence-electron chi connectivity index (χ3n) is 4.58. The zero-order valence-electron chi connectivity index (χ0n) is 18.5. The molecule has 0 aliphatic carbocycles. The summed E-state index contributed by atoms with van der Waals surface area (Å²) in [5.74, 6) is 0.225. The van der Waals surface area contributed by atoms with E-state index in [1.54, 1.807) is 0 Å². The number of amides is 2. The van der Waals surface area contributed by atoms with Crippen molar-refractivity contribution in [3.63, 3.8) is 0 Å². The van der Waals surface area contributed by atoms with Crippen LogP contribution in [0.3, 0.4) is 0 Å². The van der Waals surface area contributed by atoms with Gasteiger partial charge in [-0.1, -0.05) is 42.1 Å². The van der Waals surface area contributed by atoms with E-state index in [9.17, 15) is 9.59 Å². The summed E-state index contributed by atoms with van der Waals surface area (Å²) in [6.45, 7) is 8.70. The second-order valence-corrected chi connectivity index (χ2v) is 8.93. The first-order valence-corrected chi connectivity index (χ1v) is 11.4. The zero-order valence-corrected chi connectivity index (χ0v) is 19.3. The summed E-state index contributed by atoms with van der Waals surface area (Å²) in [6.07, 6.45) is 0.787. The highest BCUT2D eigenvalue weighted by Gasteiger charge is 2.39. The molecule has 0 N–H and O–H groups in total. The lowest BCUT2D eigenvalue weighted by Crippen LogP contribution is -2.33. The van der Waals surface area contributed by atoms with Crippen molar-refractivity contribution in [3.05, 3.63) is 65.1 Å². The van der Waals surface area contributed by atoms with Crippen LogP contribution in [0.2, 0.25) is 0 Å². The van der Waals surface area contributed by atoms with E-state index < -0.39 is 0 Å². The number of thioether (sulfide) groups is 1. The molecule has 0 saturated heterocycles.